The van der Waals surface area contributed by atoms with Crippen LogP contribution >= 0.6 is 0 Å². The summed E-state index contributed by atoms with van der Waals surface area (Å²) in [6.45, 7) is 7.44. The number of hydrogen-bond acceptors (Lipinski definition) is 2. The molecule has 0 bridgehead atoms. The molecule has 0 radical (unpaired) electrons. The molecule has 3 heteroatoms. The smallest absolute Gasteiger partial charge is 0.261 e. The number of carbonyl (C=O) groups is 1. The van der Waals surface area contributed by atoms with Gasteiger partial charge in [-0.25, -0.2) is 0 Å². The number of hydrogen-bond donors (Lipinski definition) is 0. The van der Waals surface area contributed by atoms with Crippen LogP contribution in [-0.2, 0) is 9.22 Å². The zero-order chi connectivity index (χ0) is 21.2. The summed E-state index contributed by atoms with van der Waals surface area (Å²) >= 11 is 0. The van der Waals surface area contributed by atoms with Gasteiger partial charge in [0, 0.05) is 18.9 Å². The highest BCUT2D eigenvalue weighted by Gasteiger charge is 2.51. The summed E-state index contributed by atoms with van der Waals surface area (Å²) in [6, 6.07) is 21.5. The molecule has 0 unspecified atom stereocenters. The minimum Gasteiger partial charge on any atom is -0.407 e. The molecule has 30 heavy (non-hydrogen) atoms. The van der Waals surface area contributed by atoms with E-state index in [0.717, 1.165) is 25.7 Å². The molecular weight excluding hydrogens is 384 g/mol. The van der Waals surface area contributed by atoms with E-state index in [9.17, 15) is 4.79 Å². The van der Waals surface area contributed by atoms with Crippen LogP contribution in [0, 0.1) is 11.8 Å². The molecule has 0 N–H and O–H groups in total. The summed E-state index contributed by atoms with van der Waals surface area (Å²) < 4.78 is 7.13. The third-order valence-electron chi connectivity index (χ3n) is 7.04. The van der Waals surface area contributed by atoms with Crippen molar-refractivity contribution in [2.24, 2.45) is 11.8 Å². The first-order chi connectivity index (χ1) is 14.4. The van der Waals surface area contributed by atoms with Crippen LogP contribution in [0.1, 0.15) is 52.9 Å². The second kappa shape index (κ2) is 8.64. The fourth-order valence-corrected chi connectivity index (χ4v) is 10.2. The van der Waals surface area contributed by atoms with E-state index >= 15 is 0 Å². The maximum absolute atomic E-state index is 13.1. The SMILES string of the molecule is CC(C)(C)[Si](OC[C@H]1C(=O)CCCC2=CCC[C@@H]21)(c1ccccc1)c1ccccc1. The molecule has 0 aliphatic heterocycles. The van der Waals surface area contributed by atoms with E-state index in [-0.39, 0.29) is 11.0 Å². The molecule has 0 saturated heterocycles. The van der Waals surface area contributed by atoms with Gasteiger partial charge in [0.25, 0.3) is 8.32 Å². The van der Waals surface area contributed by atoms with Crippen LogP contribution in [0.2, 0.25) is 5.04 Å². The van der Waals surface area contributed by atoms with Crippen molar-refractivity contribution in [1.29, 1.82) is 0 Å². The summed E-state index contributed by atoms with van der Waals surface area (Å²) in [6.07, 6.45) is 7.39. The third-order valence-corrected chi connectivity index (χ3v) is 12.0. The minimum atomic E-state index is -2.59. The van der Waals surface area contributed by atoms with Gasteiger partial charge in [-0.1, -0.05) is 93.1 Å². The van der Waals surface area contributed by atoms with Crippen LogP contribution in [0.5, 0.6) is 0 Å². The Morgan fingerprint density at radius 3 is 2.10 bits per heavy atom. The van der Waals surface area contributed by atoms with Crippen LogP contribution in [-0.4, -0.2) is 20.7 Å². The van der Waals surface area contributed by atoms with Crippen molar-refractivity contribution in [2.75, 3.05) is 6.61 Å². The Balaban J connectivity index is 1.75. The van der Waals surface area contributed by atoms with E-state index in [1.807, 2.05) is 0 Å². The zero-order valence-corrected chi connectivity index (χ0v) is 19.6. The van der Waals surface area contributed by atoms with Crippen molar-refractivity contribution in [1.82, 2.24) is 0 Å². The Morgan fingerprint density at radius 1 is 0.933 bits per heavy atom. The van der Waals surface area contributed by atoms with Gasteiger partial charge >= 0.3 is 0 Å². The first kappa shape index (κ1) is 21.3. The standard InChI is InChI=1S/C27H34O2Si/c1-27(2,3)30(22-14-6-4-7-15-22,23-16-8-5-9-17-23)29-20-25-24-18-10-12-21(24)13-11-19-26(25)28/h4-9,12,14-17,24-25H,10-11,13,18-20H2,1-3H3/t24-,25+/m0/s1. The molecule has 4 rings (SSSR count). The van der Waals surface area contributed by atoms with E-state index in [1.54, 1.807) is 0 Å². The first-order valence-electron chi connectivity index (χ1n) is 11.4. The number of ketones is 1. The molecule has 2 aromatic rings. The quantitative estimate of drug-likeness (QED) is 0.488. The second-order valence-electron chi connectivity index (χ2n) is 9.86. The largest absolute Gasteiger partial charge is 0.407 e. The summed E-state index contributed by atoms with van der Waals surface area (Å²) in [5, 5.41) is 2.51. The molecule has 2 atom stereocenters. The van der Waals surface area contributed by atoms with Crippen LogP contribution in [0.25, 0.3) is 0 Å². The maximum atomic E-state index is 13.1. The Kier molecular flexibility index (Phi) is 6.13. The van der Waals surface area contributed by atoms with Gasteiger partial charge in [-0.05, 0) is 47.0 Å². The Labute approximate surface area is 182 Å². The lowest BCUT2D eigenvalue weighted by molar-refractivity contribution is -0.124. The molecule has 0 spiro atoms. The molecule has 2 aliphatic carbocycles. The third kappa shape index (κ3) is 3.86. The number of benzene rings is 2. The molecule has 0 amide bonds. The van der Waals surface area contributed by atoms with Gasteiger partial charge in [-0.2, -0.15) is 0 Å². The fraction of sp³-hybridized carbons (Fsp3) is 0.444. The van der Waals surface area contributed by atoms with Crippen molar-refractivity contribution in [3.05, 3.63) is 72.3 Å². The van der Waals surface area contributed by atoms with Crippen LogP contribution in [0.15, 0.2) is 72.3 Å². The Bertz CT molecular complexity index is 856. The van der Waals surface area contributed by atoms with Crippen molar-refractivity contribution >= 4 is 24.5 Å². The summed E-state index contributed by atoms with van der Waals surface area (Å²) in [4.78, 5) is 13.1. The van der Waals surface area contributed by atoms with Gasteiger partial charge in [-0.3, -0.25) is 4.79 Å². The number of fused-ring (bicyclic) bond motifs is 1. The van der Waals surface area contributed by atoms with Gasteiger partial charge in [-0.15, -0.1) is 0 Å². The Hall–Kier alpha value is -1.97. The normalized spacial score (nSPS) is 22.4. The zero-order valence-electron chi connectivity index (χ0n) is 18.6. The summed E-state index contributed by atoms with van der Waals surface area (Å²) in [5.74, 6) is 0.796. The number of allylic oxidation sites excluding steroid dienone is 2. The van der Waals surface area contributed by atoms with Crippen molar-refractivity contribution in [3.63, 3.8) is 0 Å². The lowest BCUT2D eigenvalue weighted by Crippen LogP contribution is -2.67. The maximum Gasteiger partial charge on any atom is 0.261 e. The van der Waals surface area contributed by atoms with Crippen molar-refractivity contribution in [3.8, 4) is 0 Å². The molecule has 0 heterocycles. The molecule has 158 valence electrons. The van der Waals surface area contributed by atoms with Crippen LogP contribution in [0.3, 0.4) is 0 Å². The highest BCUT2D eigenvalue weighted by molar-refractivity contribution is 6.99. The highest BCUT2D eigenvalue weighted by atomic mass is 28.4. The number of carbonyl (C=O) groups excluding carboxylic acids is 1. The number of rotatable bonds is 5. The van der Waals surface area contributed by atoms with Crippen LogP contribution in [0.4, 0.5) is 0 Å². The lowest BCUT2D eigenvalue weighted by atomic mass is 9.85. The molecule has 2 aliphatic rings. The van der Waals surface area contributed by atoms with Crippen LogP contribution < -0.4 is 10.4 Å². The summed E-state index contributed by atoms with van der Waals surface area (Å²) in [7, 11) is -2.59. The molecule has 2 nitrogen and oxygen atoms in total. The van der Waals surface area contributed by atoms with Crippen molar-refractivity contribution in [2.45, 2.75) is 57.9 Å². The highest BCUT2D eigenvalue weighted by Crippen LogP contribution is 2.41. The molecule has 0 aromatic heterocycles. The topological polar surface area (TPSA) is 26.3 Å². The van der Waals surface area contributed by atoms with E-state index in [0.29, 0.717) is 24.7 Å². The van der Waals surface area contributed by atoms with Gasteiger partial charge in [0.2, 0.25) is 0 Å². The number of Topliss-reactive ketones (excluding diaryl/α,β-unsaturated/α-hetero) is 1. The van der Waals surface area contributed by atoms with Gasteiger partial charge < -0.3 is 4.43 Å². The van der Waals surface area contributed by atoms with Gasteiger partial charge in [0.1, 0.15) is 5.78 Å². The predicted octanol–water partition coefficient (Wildman–Crippen LogP) is 5.27. The average molecular weight is 419 g/mol. The second-order valence-corrected chi connectivity index (χ2v) is 14.2. The molecule has 1 fully saturated rings. The first-order valence-corrected chi connectivity index (χ1v) is 13.3. The predicted molar refractivity (Wildman–Crippen MR) is 127 cm³/mol. The van der Waals surface area contributed by atoms with Gasteiger partial charge in [0.05, 0.1) is 0 Å². The van der Waals surface area contributed by atoms with E-state index in [1.165, 1.54) is 15.9 Å². The molecule has 1 saturated carbocycles. The minimum absolute atomic E-state index is 0.00268. The molecule has 2 aromatic carbocycles. The van der Waals surface area contributed by atoms with E-state index < -0.39 is 8.32 Å². The Morgan fingerprint density at radius 2 is 1.53 bits per heavy atom. The fourth-order valence-electron chi connectivity index (χ4n) is 5.59. The van der Waals surface area contributed by atoms with E-state index in [2.05, 4.69) is 87.5 Å². The lowest BCUT2D eigenvalue weighted by Gasteiger charge is -2.44. The average Bonchev–Trinajstić information content (AvgIpc) is 3.14. The van der Waals surface area contributed by atoms with Gasteiger partial charge in [0.15, 0.2) is 0 Å². The monoisotopic (exact) mass is 418 g/mol. The summed E-state index contributed by atoms with van der Waals surface area (Å²) in [5.41, 5.74) is 1.51. The molecular formula is C27H34O2Si. The van der Waals surface area contributed by atoms with Crippen molar-refractivity contribution < 1.29 is 9.22 Å². The van der Waals surface area contributed by atoms with E-state index in [4.69, 9.17) is 4.43 Å².